The van der Waals surface area contributed by atoms with Gasteiger partial charge in [-0.1, -0.05) is 38.1 Å². The van der Waals surface area contributed by atoms with Gasteiger partial charge in [-0.3, -0.25) is 0 Å². The third kappa shape index (κ3) is 4.27. The molecular formula is C12H19BO4Si2. The second-order valence-electron chi connectivity index (χ2n) is 4.70. The summed E-state index contributed by atoms with van der Waals surface area (Å²) >= 11 is 0. The van der Waals surface area contributed by atoms with Crippen molar-refractivity contribution in [1.82, 2.24) is 0 Å². The van der Waals surface area contributed by atoms with Crippen LogP contribution < -0.4 is 5.46 Å². The molecule has 0 aliphatic carbocycles. The molecule has 0 unspecified atom stereocenters. The van der Waals surface area contributed by atoms with Gasteiger partial charge >= 0.3 is 7.12 Å². The third-order valence-corrected chi connectivity index (χ3v) is 3.87. The van der Waals surface area contributed by atoms with E-state index in [-0.39, 0.29) is 11.7 Å². The molecule has 102 valence electrons. The molecule has 1 rings (SSSR count). The van der Waals surface area contributed by atoms with Crippen LogP contribution in [-0.2, 0) is 14.3 Å². The van der Waals surface area contributed by atoms with Gasteiger partial charge in [0.15, 0.2) is 0 Å². The van der Waals surface area contributed by atoms with Crippen molar-refractivity contribution in [3.05, 3.63) is 29.8 Å². The molecule has 4 nitrogen and oxygen atoms in total. The molecule has 0 aliphatic heterocycles. The van der Waals surface area contributed by atoms with Crippen molar-refractivity contribution >= 4 is 32.1 Å². The highest BCUT2D eigenvalue weighted by atomic mass is 28.2. The largest absolute Gasteiger partial charge is 0.488 e. The SMILES string of the molecule is C[Si]OC(O[Si]C)C(C)(C)c1cccc(B(O)O)c1. The fraction of sp³-hybridized carbons (Fsp3) is 0.500. The molecule has 0 bridgehead atoms. The number of hydrogen-bond acceptors (Lipinski definition) is 4. The van der Waals surface area contributed by atoms with Crippen molar-refractivity contribution in [1.29, 1.82) is 0 Å². The van der Waals surface area contributed by atoms with Crippen molar-refractivity contribution in [2.45, 2.75) is 38.6 Å². The Labute approximate surface area is 120 Å². The molecule has 0 fully saturated rings. The van der Waals surface area contributed by atoms with E-state index in [4.69, 9.17) is 8.85 Å². The molecule has 0 aromatic heterocycles. The number of benzene rings is 1. The van der Waals surface area contributed by atoms with Gasteiger partial charge in [0.1, 0.15) is 6.29 Å². The van der Waals surface area contributed by atoms with Gasteiger partial charge in [-0.2, -0.15) is 0 Å². The summed E-state index contributed by atoms with van der Waals surface area (Å²) in [5.41, 5.74) is 1.07. The van der Waals surface area contributed by atoms with Crippen LogP contribution in [0.25, 0.3) is 0 Å². The van der Waals surface area contributed by atoms with Gasteiger partial charge in [0.25, 0.3) is 0 Å². The highest BCUT2D eigenvalue weighted by Gasteiger charge is 2.33. The average molecular weight is 294 g/mol. The summed E-state index contributed by atoms with van der Waals surface area (Å²) in [6.07, 6.45) is -0.342. The highest BCUT2D eigenvalue weighted by molar-refractivity contribution is 6.58. The topological polar surface area (TPSA) is 58.9 Å². The second-order valence-corrected chi connectivity index (χ2v) is 5.98. The summed E-state index contributed by atoms with van der Waals surface area (Å²) in [4.78, 5) is 0. The molecule has 0 saturated carbocycles. The van der Waals surface area contributed by atoms with Crippen LogP contribution in [0.3, 0.4) is 0 Å². The smallest absolute Gasteiger partial charge is 0.423 e. The molecule has 1 aromatic rings. The van der Waals surface area contributed by atoms with Crippen molar-refractivity contribution in [2.24, 2.45) is 0 Å². The zero-order valence-corrected chi connectivity index (χ0v) is 13.7. The van der Waals surface area contributed by atoms with E-state index in [1.807, 2.05) is 39.1 Å². The van der Waals surface area contributed by atoms with E-state index in [1.165, 1.54) is 0 Å². The minimum atomic E-state index is -1.46. The highest BCUT2D eigenvalue weighted by Crippen LogP contribution is 2.29. The molecule has 0 amide bonds. The fourth-order valence-corrected chi connectivity index (χ4v) is 2.98. The van der Waals surface area contributed by atoms with Crippen molar-refractivity contribution in [3.63, 3.8) is 0 Å². The summed E-state index contributed by atoms with van der Waals surface area (Å²) in [7, 11) is -0.782. The molecular weight excluding hydrogens is 275 g/mol. The molecule has 4 radical (unpaired) electrons. The monoisotopic (exact) mass is 294 g/mol. The Bertz CT molecular complexity index is 395. The lowest BCUT2D eigenvalue weighted by molar-refractivity contribution is -0.0433. The minimum absolute atomic E-state index is 0.340. The van der Waals surface area contributed by atoms with Crippen LogP contribution >= 0.6 is 0 Å². The minimum Gasteiger partial charge on any atom is -0.423 e. The lowest BCUT2D eigenvalue weighted by Crippen LogP contribution is -2.40. The lowest BCUT2D eigenvalue weighted by Gasteiger charge is -2.34. The molecule has 0 spiro atoms. The first-order chi connectivity index (χ1) is 8.93. The van der Waals surface area contributed by atoms with Crippen LogP contribution in [0.1, 0.15) is 19.4 Å². The van der Waals surface area contributed by atoms with E-state index < -0.39 is 7.12 Å². The maximum atomic E-state index is 9.26. The van der Waals surface area contributed by atoms with Gasteiger partial charge in [0.2, 0.25) is 19.5 Å². The summed E-state index contributed by atoms with van der Waals surface area (Å²) in [5, 5.41) is 18.5. The second kappa shape index (κ2) is 7.37. The van der Waals surface area contributed by atoms with Crippen LogP contribution in [0, 0.1) is 0 Å². The van der Waals surface area contributed by atoms with E-state index in [9.17, 15) is 10.0 Å². The first-order valence-corrected chi connectivity index (χ1v) is 8.86. The van der Waals surface area contributed by atoms with Gasteiger partial charge in [-0.25, -0.2) is 0 Å². The quantitative estimate of drug-likeness (QED) is 0.562. The zero-order chi connectivity index (χ0) is 14.5. The van der Waals surface area contributed by atoms with Crippen molar-refractivity contribution in [2.75, 3.05) is 0 Å². The Hall–Kier alpha value is -0.441. The van der Waals surface area contributed by atoms with Gasteiger partial charge in [0, 0.05) is 5.41 Å². The van der Waals surface area contributed by atoms with Crippen LogP contribution in [0.5, 0.6) is 0 Å². The summed E-state index contributed by atoms with van der Waals surface area (Å²) in [6, 6.07) is 7.22. The Morgan fingerprint density at radius 3 is 2.21 bits per heavy atom. The number of rotatable bonds is 7. The molecule has 7 heteroatoms. The Kier molecular flexibility index (Phi) is 6.44. The van der Waals surface area contributed by atoms with E-state index >= 15 is 0 Å². The maximum Gasteiger partial charge on any atom is 0.488 e. The zero-order valence-electron chi connectivity index (χ0n) is 11.7. The molecule has 0 heterocycles. The van der Waals surface area contributed by atoms with Crippen molar-refractivity contribution < 1.29 is 18.9 Å². The molecule has 0 atom stereocenters. The third-order valence-electron chi connectivity index (χ3n) is 2.97. The molecule has 1 aromatic carbocycles. The van der Waals surface area contributed by atoms with Crippen LogP contribution in [0.15, 0.2) is 24.3 Å². The first-order valence-electron chi connectivity index (χ1n) is 6.04. The van der Waals surface area contributed by atoms with Gasteiger partial charge in [-0.05, 0) is 24.1 Å². The van der Waals surface area contributed by atoms with Crippen LogP contribution in [0.4, 0.5) is 0 Å². The Morgan fingerprint density at radius 2 is 1.74 bits per heavy atom. The van der Waals surface area contributed by atoms with Gasteiger partial charge in [0.05, 0.1) is 0 Å². The Balaban J connectivity index is 3.05. The van der Waals surface area contributed by atoms with E-state index in [0.29, 0.717) is 25.0 Å². The van der Waals surface area contributed by atoms with E-state index in [1.54, 1.807) is 12.1 Å². The predicted octanol–water partition coefficient (Wildman–Crippen LogP) is 0.338. The average Bonchev–Trinajstić information content (AvgIpc) is 2.38. The van der Waals surface area contributed by atoms with E-state index in [2.05, 4.69) is 0 Å². The Morgan fingerprint density at radius 1 is 1.16 bits per heavy atom. The van der Waals surface area contributed by atoms with Crippen molar-refractivity contribution in [3.8, 4) is 0 Å². The summed E-state index contributed by atoms with van der Waals surface area (Å²) in [5.74, 6) is 0. The lowest BCUT2D eigenvalue weighted by atomic mass is 9.75. The maximum absolute atomic E-state index is 9.26. The normalized spacial score (nSPS) is 11.9. The van der Waals surface area contributed by atoms with Gasteiger partial charge < -0.3 is 18.9 Å². The fourth-order valence-electron chi connectivity index (χ4n) is 1.77. The molecule has 2 N–H and O–H groups in total. The molecule has 0 saturated heterocycles. The van der Waals surface area contributed by atoms with Crippen LogP contribution in [-0.4, -0.2) is 43.0 Å². The van der Waals surface area contributed by atoms with Crippen LogP contribution in [0.2, 0.25) is 13.1 Å². The number of hydrogen-bond donors (Lipinski definition) is 2. The summed E-state index contributed by atoms with van der Waals surface area (Å²) in [6.45, 7) is 7.97. The van der Waals surface area contributed by atoms with Gasteiger partial charge in [-0.15, -0.1) is 0 Å². The first kappa shape index (κ1) is 16.6. The summed E-state index contributed by atoms with van der Waals surface area (Å²) < 4.78 is 11.4. The van der Waals surface area contributed by atoms with E-state index in [0.717, 1.165) is 5.56 Å². The molecule has 19 heavy (non-hydrogen) atoms. The standard InChI is InChI=1S/C12H19BO4Si2/c1-12(2,11(16-18-3)17-19-4)9-6-5-7-10(8-9)13(14)15/h5-8,11,14-15H,1-4H3. The predicted molar refractivity (Wildman–Crippen MR) is 78.5 cm³/mol. The molecule has 0 aliphatic rings.